The van der Waals surface area contributed by atoms with E-state index in [0.717, 1.165) is 45.5 Å². The van der Waals surface area contributed by atoms with Crippen LogP contribution in [-0.2, 0) is 5.60 Å². The summed E-state index contributed by atoms with van der Waals surface area (Å²) in [6.45, 7) is 7.69. The van der Waals surface area contributed by atoms with Crippen LogP contribution in [0.4, 0.5) is 0 Å². The maximum Gasteiger partial charge on any atom is 0.141 e. The smallest absolute Gasteiger partial charge is 0.141 e. The van der Waals surface area contributed by atoms with E-state index in [-0.39, 0.29) is 0 Å². The van der Waals surface area contributed by atoms with Gasteiger partial charge in [0.05, 0.1) is 27.8 Å². The molecule has 4 aromatic rings. The molecule has 1 N–H and O–H groups in total. The number of hydrogen-bond acceptors (Lipinski definition) is 4. The van der Waals surface area contributed by atoms with Gasteiger partial charge in [0.2, 0.25) is 0 Å². The second kappa shape index (κ2) is 7.42. The summed E-state index contributed by atoms with van der Waals surface area (Å²) in [5.41, 5.74) is 6.52. The summed E-state index contributed by atoms with van der Waals surface area (Å²) in [5, 5.41) is 16.1. The lowest BCUT2D eigenvalue weighted by Gasteiger charge is -2.44. The largest absolute Gasteiger partial charge is 0.386 e. The summed E-state index contributed by atoms with van der Waals surface area (Å²) >= 11 is 0. The number of aryl methyl sites for hydroxylation is 2. The molecule has 2 aliphatic rings. The van der Waals surface area contributed by atoms with Crippen LogP contribution in [0.2, 0.25) is 0 Å². The topological polar surface area (TPSA) is 64.1 Å². The highest BCUT2D eigenvalue weighted by Gasteiger charge is 2.39. The van der Waals surface area contributed by atoms with Gasteiger partial charge >= 0.3 is 0 Å². The third kappa shape index (κ3) is 3.23. The Balaban J connectivity index is 1.65. The summed E-state index contributed by atoms with van der Waals surface area (Å²) in [6, 6.07) is 9.20. The number of rotatable bonds is 5. The van der Waals surface area contributed by atoms with Crippen LogP contribution in [0, 0.1) is 25.7 Å². The molecule has 2 aliphatic carbocycles. The zero-order chi connectivity index (χ0) is 22.9. The van der Waals surface area contributed by atoms with Gasteiger partial charge in [-0.2, -0.15) is 0 Å². The molecule has 0 unspecified atom stereocenters. The van der Waals surface area contributed by atoms with Gasteiger partial charge < -0.3 is 14.2 Å². The summed E-state index contributed by atoms with van der Waals surface area (Å²) < 4.78 is 8.07. The lowest BCUT2D eigenvalue weighted by molar-refractivity contribution is 0.0786. The molecule has 0 spiro atoms. The van der Waals surface area contributed by atoms with Crippen molar-refractivity contribution in [3.63, 3.8) is 0 Å². The number of fused-ring (bicyclic) bond motifs is 3. The first kappa shape index (κ1) is 20.9. The van der Waals surface area contributed by atoms with Crippen molar-refractivity contribution in [2.45, 2.75) is 77.9 Å². The van der Waals surface area contributed by atoms with Crippen molar-refractivity contribution >= 4 is 21.9 Å². The zero-order valence-corrected chi connectivity index (χ0v) is 20.1. The molecule has 3 heterocycles. The predicted octanol–water partition coefficient (Wildman–Crippen LogP) is 6.83. The van der Waals surface area contributed by atoms with Crippen LogP contribution in [0.1, 0.15) is 75.4 Å². The third-order valence-electron chi connectivity index (χ3n) is 8.23. The van der Waals surface area contributed by atoms with E-state index >= 15 is 0 Å². The first-order valence-corrected chi connectivity index (χ1v) is 12.4. The molecule has 2 saturated carbocycles. The van der Waals surface area contributed by atoms with Gasteiger partial charge in [0.15, 0.2) is 0 Å². The van der Waals surface area contributed by atoms with Gasteiger partial charge in [-0.3, -0.25) is 4.98 Å². The van der Waals surface area contributed by atoms with E-state index in [1.54, 1.807) is 0 Å². The van der Waals surface area contributed by atoms with Crippen LogP contribution in [0.5, 0.6) is 0 Å². The molecule has 0 saturated heterocycles. The molecular formula is C28H33N3O2. The predicted molar refractivity (Wildman–Crippen MR) is 131 cm³/mol. The van der Waals surface area contributed by atoms with Gasteiger partial charge in [0.25, 0.3) is 0 Å². The van der Waals surface area contributed by atoms with Gasteiger partial charge in [-0.1, -0.05) is 30.1 Å². The van der Waals surface area contributed by atoms with Gasteiger partial charge in [-0.15, -0.1) is 0 Å². The van der Waals surface area contributed by atoms with Gasteiger partial charge in [0, 0.05) is 28.8 Å². The second-order valence-corrected chi connectivity index (χ2v) is 10.8. The molecule has 3 aromatic heterocycles. The molecule has 0 atom stereocenters. The Kier molecular flexibility index (Phi) is 4.70. The van der Waals surface area contributed by atoms with Crippen molar-refractivity contribution in [2.24, 2.45) is 11.8 Å². The molecule has 2 fully saturated rings. The van der Waals surface area contributed by atoms with Gasteiger partial charge in [-0.05, 0) is 82.9 Å². The molecule has 33 heavy (non-hydrogen) atoms. The van der Waals surface area contributed by atoms with Gasteiger partial charge in [0.1, 0.15) is 5.76 Å². The quantitative estimate of drug-likeness (QED) is 0.367. The fourth-order valence-corrected chi connectivity index (χ4v) is 6.01. The molecular weight excluding hydrogens is 410 g/mol. The molecule has 6 rings (SSSR count). The van der Waals surface area contributed by atoms with Crippen molar-refractivity contribution in [3.05, 3.63) is 47.5 Å². The van der Waals surface area contributed by atoms with Crippen molar-refractivity contribution < 1.29 is 9.63 Å². The van der Waals surface area contributed by atoms with E-state index < -0.39 is 5.60 Å². The highest BCUT2D eigenvalue weighted by molar-refractivity contribution is 6.07. The Morgan fingerprint density at radius 3 is 2.27 bits per heavy atom. The SMILES string of the molecule is Cc1noc(C)c1-c1cnc2c3ccc(C(C)(C)O)cc3n(C(C3CCC3)C3CCC3)c2c1. The van der Waals surface area contributed by atoms with Crippen LogP contribution < -0.4 is 0 Å². The van der Waals surface area contributed by atoms with Crippen LogP contribution in [0.15, 0.2) is 35.0 Å². The van der Waals surface area contributed by atoms with Crippen molar-refractivity contribution in [1.29, 1.82) is 0 Å². The maximum absolute atomic E-state index is 10.8. The fraction of sp³-hybridized carbons (Fsp3) is 0.500. The molecule has 0 amide bonds. The molecule has 5 nitrogen and oxygen atoms in total. The number of nitrogens with zero attached hydrogens (tertiary/aromatic N) is 3. The summed E-state index contributed by atoms with van der Waals surface area (Å²) in [7, 11) is 0. The van der Waals surface area contributed by atoms with Gasteiger partial charge in [-0.25, -0.2) is 0 Å². The standard InChI is InChI=1S/C28H33N3O2/c1-16-25(17(2)33-30-16)20-13-24-26(29-15-20)22-12-11-21(28(3,4)32)14-23(22)31(24)27(18-7-5-8-18)19-9-6-10-19/h11-15,18-19,27,32H,5-10H2,1-4H3. The zero-order valence-electron chi connectivity index (χ0n) is 20.1. The highest BCUT2D eigenvalue weighted by atomic mass is 16.5. The van der Waals surface area contributed by atoms with E-state index in [1.807, 2.05) is 33.9 Å². The lowest BCUT2D eigenvalue weighted by atomic mass is 9.68. The number of aromatic nitrogens is 3. The minimum Gasteiger partial charge on any atom is -0.386 e. The van der Waals surface area contributed by atoms with Crippen LogP contribution >= 0.6 is 0 Å². The Labute approximate surface area is 194 Å². The van der Waals surface area contributed by atoms with E-state index in [1.165, 1.54) is 54.9 Å². The molecule has 0 bridgehead atoms. The van der Waals surface area contributed by atoms with Crippen molar-refractivity contribution in [1.82, 2.24) is 14.7 Å². The summed E-state index contributed by atoms with van der Waals surface area (Å²) in [5.74, 6) is 2.28. The van der Waals surface area contributed by atoms with Crippen LogP contribution in [-0.4, -0.2) is 19.8 Å². The fourth-order valence-electron chi connectivity index (χ4n) is 6.01. The second-order valence-electron chi connectivity index (χ2n) is 10.8. The van der Waals surface area contributed by atoms with E-state index in [9.17, 15) is 5.11 Å². The monoisotopic (exact) mass is 443 g/mol. The molecule has 0 radical (unpaired) electrons. The van der Waals surface area contributed by atoms with E-state index in [4.69, 9.17) is 9.51 Å². The first-order valence-electron chi connectivity index (χ1n) is 12.4. The minimum atomic E-state index is -0.882. The normalized spacial score (nSPS) is 17.8. The van der Waals surface area contributed by atoms with E-state index in [0.29, 0.717) is 6.04 Å². The Morgan fingerprint density at radius 1 is 1.03 bits per heavy atom. The summed E-state index contributed by atoms with van der Waals surface area (Å²) in [6.07, 6.45) is 9.87. The first-order chi connectivity index (χ1) is 15.8. The average molecular weight is 444 g/mol. The molecule has 172 valence electrons. The number of benzene rings is 1. The van der Waals surface area contributed by atoms with Crippen molar-refractivity contribution in [2.75, 3.05) is 0 Å². The number of hydrogen-bond donors (Lipinski definition) is 1. The molecule has 1 aromatic carbocycles. The minimum absolute atomic E-state index is 0.492. The Bertz CT molecular complexity index is 1320. The van der Waals surface area contributed by atoms with Crippen LogP contribution in [0.25, 0.3) is 33.1 Å². The number of aliphatic hydroxyl groups is 1. The highest BCUT2D eigenvalue weighted by Crippen LogP contribution is 2.50. The molecule has 5 heteroatoms. The molecule has 0 aliphatic heterocycles. The Morgan fingerprint density at radius 2 is 1.73 bits per heavy atom. The Hall–Kier alpha value is -2.66. The maximum atomic E-state index is 10.8. The number of pyridine rings is 1. The van der Waals surface area contributed by atoms with Crippen LogP contribution in [0.3, 0.4) is 0 Å². The lowest BCUT2D eigenvalue weighted by Crippen LogP contribution is -2.34. The van der Waals surface area contributed by atoms with E-state index in [2.05, 4.69) is 34.0 Å². The van der Waals surface area contributed by atoms with Crippen molar-refractivity contribution in [3.8, 4) is 11.1 Å². The third-order valence-corrected chi connectivity index (χ3v) is 8.23. The average Bonchev–Trinajstić information content (AvgIpc) is 3.19. The summed E-state index contributed by atoms with van der Waals surface area (Å²) in [4.78, 5) is 5.00.